The van der Waals surface area contributed by atoms with Gasteiger partial charge in [0.2, 0.25) is 0 Å². The second-order valence-electron chi connectivity index (χ2n) is 4.47. The first-order valence-corrected chi connectivity index (χ1v) is 5.88. The number of aromatic hydroxyl groups is 2. The number of carbonyl (C=O) groups is 1. The number of rotatable bonds is 2. The summed E-state index contributed by atoms with van der Waals surface area (Å²) >= 11 is 0. The minimum Gasteiger partial charge on any atom is -0.508 e. The maximum absolute atomic E-state index is 12.1. The van der Waals surface area contributed by atoms with E-state index in [-0.39, 0.29) is 17.4 Å². The predicted molar refractivity (Wildman–Crippen MR) is 73.6 cm³/mol. The van der Waals surface area contributed by atoms with Gasteiger partial charge in [-0.3, -0.25) is 4.79 Å². The molecule has 0 fully saturated rings. The summed E-state index contributed by atoms with van der Waals surface area (Å²) < 4.78 is 0. The Labute approximate surface area is 111 Å². The monoisotopic (exact) mass is 257 g/mol. The van der Waals surface area contributed by atoms with Crippen molar-refractivity contribution >= 4 is 11.6 Å². The number of hydrogen-bond donors (Lipinski definition) is 3. The molecule has 0 atom stereocenters. The lowest BCUT2D eigenvalue weighted by molar-refractivity contribution is 0.102. The maximum atomic E-state index is 12.1. The van der Waals surface area contributed by atoms with Crippen molar-refractivity contribution in [3.05, 3.63) is 53.1 Å². The van der Waals surface area contributed by atoms with Crippen LogP contribution in [0.5, 0.6) is 11.5 Å². The number of amides is 1. The fourth-order valence-electron chi connectivity index (χ4n) is 1.84. The quantitative estimate of drug-likeness (QED) is 0.724. The molecule has 0 heterocycles. The zero-order valence-electron chi connectivity index (χ0n) is 10.8. The van der Waals surface area contributed by atoms with Crippen LogP contribution in [0.15, 0.2) is 36.4 Å². The Morgan fingerprint density at radius 2 is 1.79 bits per heavy atom. The number of hydrogen-bond acceptors (Lipinski definition) is 3. The molecular weight excluding hydrogens is 242 g/mol. The highest BCUT2D eigenvalue weighted by Crippen LogP contribution is 2.25. The molecule has 0 spiro atoms. The lowest BCUT2D eigenvalue weighted by Gasteiger charge is -2.10. The van der Waals surface area contributed by atoms with Crippen LogP contribution >= 0.6 is 0 Å². The molecular formula is C15H15NO3. The lowest BCUT2D eigenvalue weighted by atomic mass is 10.1. The van der Waals surface area contributed by atoms with Crippen molar-refractivity contribution in [3.8, 4) is 11.5 Å². The standard InChI is InChI=1S/C15H15NO3/c1-9-3-6-13(14(18)7-9)16-15(19)12-5-4-11(17)8-10(12)2/h3-8,17-18H,1-2H3,(H,16,19). The fourth-order valence-corrected chi connectivity index (χ4v) is 1.84. The molecule has 0 radical (unpaired) electrons. The Morgan fingerprint density at radius 1 is 1.05 bits per heavy atom. The summed E-state index contributed by atoms with van der Waals surface area (Å²) in [5.74, 6) is -0.173. The third-order valence-electron chi connectivity index (χ3n) is 2.86. The van der Waals surface area contributed by atoms with E-state index in [1.54, 1.807) is 31.2 Å². The van der Waals surface area contributed by atoms with Crippen LogP contribution in [0.3, 0.4) is 0 Å². The van der Waals surface area contributed by atoms with Gasteiger partial charge in [-0.15, -0.1) is 0 Å². The Hall–Kier alpha value is -2.49. The molecule has 3 N–H and O–H groups in total. The predicted octanol–water partition coefficient (Wildman–Crippen LogP) is 2.97. The molecule has 4 nitrogen and oxygen atoms in total. The Balaban J connectivity index is 2.25. The maximum Gasteiger partial charge on any atom is 0.256 e. The smallest absolute Gasteiger partial charge is 0.256 e. The number of aryl methyl sites for hydroxylation is 2. The van der Waals surface area contributed by atoms with E-state index in [9.17, 15) is 15.0 Å². The molecule has 4 heteroatoms. The highest BCUT2D eigenvalue weighted by molar-refractivity contribution is 6.06. The third kappa shape index (κ3) is 2.85. The minimum atomic E-state index is -0.323. The minimum absolute atomic E-state index is 0.0322. The molecule has 98 valence electrons. The molecule has 0 aliphatic carbocycles. The van der Waals surface area contributed by atoms with Crippen molar-refractivity contribution in [2.24, 2.45) is 0 Å². The van der Waals surface area contributed by atoms with Crippen LogP contribution in [0.1, 0.15) is 21.5 Å². The van der Waals surface area contributed by atoms with Gasteiger partial charge in [0.15, 0.2) is 0 Å². The van der Waals surface area contributed by atoms with E-state index in [2.05, 4.69) is 5.32 Å². The largest absolute Gasteiger partial charge is 0.508 e. The molecule has 0 aliphatic heterocycles. The van der Waals surface area contributed by atoms with Crippen molar-refractivity contribution < 1.29 is 15.0 Å². The third-order valence-corrected chi connectivity index (χ3v) is 2.86. The molecule has 19 heavy (non-hydrogen) atoms. The molecule has 2 aromatic carbocycles. The number of phenolic OH excluding ortho intramolecular Hbond substituents is 2. The summed E-state index contributed by atoms with van der Waals surface area (Å²) in [5.41, 5.74) is 2.40. The molecule has 1 amide bonds. The first-order chi connectivity index (χ1) is 8.97. The van der Waals surface area contributed by atoms with E-state index in [0.717, 1.165) is 5.56 Å². The molecule has 2 aromatic rings. The van der Waals surface area contributed by atoms with Crippen molar-refractivity contribution in [2.75, 3.05) is 5.32 Å². The molecule has 0 aromatic heterocycles. The van der Waals surface area contributed by atoms with Gasteiger partial charge in [0.05, 0.1) is 5.69 Å². The fraction of sp³-hybridized carbons (Fsp3) is 0.133. The molecule has 0 bridgehead atoms. The molecule has 0 aliphatic rings. The van der Waals surface area contributed by atoms with Crippen molar-refractivity contribution in [2.45, 2.75) is 13.8 Å². The molecule has 0 unspecified atom stereocenters. The number of benzene rings is 2. The summed E-state index contributed by atoms with van der Waals surface area (Å²) in [6.45, 7) is 3.60. The molecule has 0 saturated heterocycles. The number of nitrogens with one attached hydrogen (secondary N) is 1. The van der Waals surface area contributed by atoms with E-state index in [1.807, 2.05) is 6.92 Å². The van der Waals surface area contributed by atoms with Gasteiger partial charge >= 0.3 is 0 Å². The van der Waals surface area contributed by atoms with Crippen LogP contribution in [-0.4, -0.2) is 16.1 Å². The zero-order chi connectivity index (χ0) is 14.0. The highest BCUT2D eigenvalue weighted by Gasteiger charge is 2.11. The van der Waals surface area contributed by atoms with Crippen LogP contribution < -0.4 is 5.32 Å². The van der Waals surface area contributed by atoms with Crippen LogP contribution in [0.25, 0.3) is 0 Å². The van der Waals surface area contributed by atoms with E-state index in [1.165, 1.54) is 12.1 Å². The van der Waals surface area contributed by atoms with Gasteiger partial charge in [0.1, 0.15) is 11.5 Å². The van der Waals surface area contributed by atoms with Crippen molar-refractivity contribution in [1.82, 2.24) is 0 Å². The average molecular weight is 257 g/mol. The van der Waals surface area contributed by atoms with Crippen LogP contribution in [-0.2, 0) is 0 Å². The van der Waals surface area contributed by atoms with E-state index in [0.29, 0.717) is 16.8 Å². The number of phenols is 2. The van der Waals surface area contributed by atoms with E-state index >= 15 is 0 Å². The summed E-state index contributed by atoms with van der Waals surface area (Å²) in [6, 6.07) is 9.56. The van der Waals surface area contributed by atoms with Gasteiger partial charge in [-0.2, -0.15) is 0 Å². The number of anilines is 1. The molecule has 0 saturated carbocycles. The summed E-state index contributed by atoms with van der Waals surface area (Å²) in [5, 5.41) is 21.7. The van der Waals surface area contributed by atoms with Gasteiger partial charge in [0, 0.05) is 5.56 Å². The summed E-state index contributed by atoms with van der Waals surface area (Å²) in [7, 11) is 0. The SMILES string of the molecule is Cc1ccc(NC(=O)c2ccc(O)cc2C)c(O)c1. The van der Waals surface area contributed by atoms with Gasteiger partial charge in [-0.05, 0) is 55.3 Å². The summed E-state index contributed by atoms with van der Waals surface area (Å²) in [6.07, 6.45) is 0. The summed E-state index contributed by atoms with van der Waals surface area (Å²) in [4.78, 5) is 12.1. The van der Waals surface area contributed by atoms with Crippen molar-refractivity contribution in [1.29, 1.82) is 0 Å². The van der Waals surface area contributed by atoms with Gasteiger partial charge in [0.25, 0.3) is 5.91 Å². The van der Waals surface area contributed by atoms with Crippen LogP contribution in [0, 0.1) is 13.8 Å². The first kappa shape index (κ1) is 13.0. The van der Waals surface area contributed by atoms with Crippen LogP contribution in [0.2, 0.25) is 0 Å². The van der Waals surface area contributed by atoms with Gasteiger partial charge < -0.3 is 15.5 Å². The van der Waals surface area contributed by atoms with Gasteiger partial charge in [-0.25, -0.2) is 0 Å². The topological polar surface area (TPSA) is 69.6 Å². The van der Waals surface area contributed by atoms with Crippen LogP contribution in [0.4, 0.5) is 5.69 Å². The normalized spacial score (nSPS) is 10.2. The van der Waals surface area contributed by atoms with E-state index < -0.39 is 0 Å². The van der Waals surface area contributed by atoms with Crippen molar-refractivity contribution in [3.63, 3.8) is 0 Å². The lowest BCUT2D eigenvalue weighted by Crippen LogP contribution is -2.13. The Bertz CT molecular complexity index is 635. The second-order valence-corrected chi connectivity index (χ2v) is 4.47. The second kappa shape index (κ2) is 5.02. The average Bonchev–Trinajstić information content (AvgIpc) is 2.32. The molecule has 2 rings (SSSR count). The van der Waals surface area contributed by atoms with Gasteiger partial charge in [-0.1, -0.05) is 6.07 Å². The van der Waals surface area contributed by atoms with E-state index in [4.69, 9.17) is 0 Å². The Kier molecular flexibility index (Phi) is 3.42. The number of carbonyl (C=O) groups excluding carboxylic acids is 1. The highest BCUT2D eigenvalue weighted by atomic mass is 16.3. The first-order valence-electron chi connectivity index (χ1n) is 5.88. The zero-order valence-corrected chi connectivity index (χ0v) is 10.8. The Morgan fingerprint density at radius 3 is 2.42 bits per heavy atom.